The van der Waals surface area contributed by atoms with Crippen molar-refractivity contribution in [2.45, 2.75) is 33.1 Å². The molecule has 0 atom stereocenters. The number of imidazole rings is 1. The van der Waals surface area contributed by atoms with E-state index >= 15 is 0 Å². The molecule has 0 saturated carbocycles. The molecule has 0 aliphatic rings. The first-order valence-corrected chi connectivity index (χ1v) is 7.85. The van der Waals surface area contributed by atoms with E-state index in [2.05, 4.69) is 34.0 Å². The lowest BCUT2D eigenvalue weighted by Crippen LogP contribution is -2.34. The van der Waals surface area contributed by atoms with Crippen molar-refractivity contribution in [2.24, 2.45) is 7.05 Å². The minimum atomic E-state index is -0.0965. The summed E-state index contributed by atoms with van der Waals surface area (Å²) in [5, 5.41) is 5.43. The van der Waals surface area contributed by atoms with E-state index < -0.39 is 0 Å². The predicted molar refractivity (Wildman–Crippen MR) is 90.2 cm³/mol. The van der Waals surface area contributed by atoms with Crippen LogP contribution in [-0.4, -0.2) is 34.5 Å². The first kappa shape index (κ1) is 17.0. The van der Waals surface area contributed by atoms with Crippen molar-refractivity contribution in [2.75, 3.05) is 13.1 Å². The van der Waals surface area contributed by atoms with Crippen molar-refractivity contribution in [1.29, 1.82) is 0 Å². The molecule has 0 saturated heterocycles. The molecular weight excluding hydrogens is 292 g/mol. The van der Waals surface area contributed by atoms with Crippen LogP contribution in [-0.2, 0) is 23.1 Å². The summed E-state index contributed by atoms with van der Waals surface area (Å²) in [6, 6.07) is 5.93. The fraction of sp³-hybridized carbons (Fsp3) is 0.471. The Kier molecular flexibility index (Phi) is 5.36. The van der Waals surface area contributed by atoms with Gasteiger partial charge in [-0.25, -0.2) is 4.98 Å². The van der Waals surface area contributed by atoms with Gasteiger partial charge >= 0.3 is 0 Å². The van der Waals surface area contributed by atoms with Crippen LogP contribution in [0.15, 0.2) is 18.2 Å². The summed E-state index contributed by atoms with van der Waals surface area (Å²) in [6.45, 7) is 6.56. The van der Waals surface area contributed by atoms with Gasteiger partial charge in [-0.05, 0) is 17.7 Å². The quantitative estimate of drug-likeness (QED) is 0.793. The number of carbonyl (C=O) groups is 2. The lowest BCUT2D eigenvalue weighted by molar-refractivity contribution is -0.121. The summed E-state index contributed by atoms with van der Waals surface area (Å²) in [6.07, 6.45) is 0.309. The number of hydrogen-bond acceptors (Lipinski definition) is 3. The highest BCUT2D eigenvalue weighted by Crippen LogP contribution is 2.21. The van der Waals surface area contributed by atoms with Crippen LogP contribution in [0.5, 0.6) is 0 Å². The fourth-order valence-corrected chi connectivity index (χ4v) is 2.58. The van der Waals surface area contributed by atoms with E-state index in [1.807, 2.05) is 25.2 Å². The number of benzene rings is 1. The summed E-state index contributed by atoms with van der Waals surface area (Å²) in [4.78, 5) is 27.3. The van der Waals surface area contributed by atoms with Crippen LogP contribution >= 0.6 is 0 Å². The molecule has 23 heavy (non-hydrogen) atoms. The van der Waals surface area contributed by atoms with Crippen LogP contribution in [0.1, 0.15) is 38.1 Å². The number of amides is 2. The highest BCUT2D eigenvalue weighted by atomic mass is 16.2. The number of hydrogen-bond donors (Lipinski definition) is 2. The molecule has 0 radical (unpaired) electrons. The predicted octanol–water partition coefficient (Wildman–Crippen LogP) is 1.49. The maximum atomic E-state index is 11.9. The summed E-state index contributed by atoms with van der Waals surface area (Å²) in [7, 11) is 2.01. The maximum Gasteiger partial charge on any atom is 0.224 e. The van der Waals surface area contributed by atoms with Gasteiger partial charge in [0.05, 0.1) is 17.5 Å². The Hall–Kier alpha value is -2.37. The molecule has 0 spiro atoms. The van der Waals surface area contributed by atoms with E-state index in [0.717, 1.165) is 22.4 Å². The topological polar surface area (TPSA) is 76.0 Å². The molecule has 1 aromatic carbocycles. The van der Waals surface area contributed by atoms with Crippen LogP contribution in [0, 0.1) is 0 Å². The number of aromatic nitrogens is 2. The van der Waals surface area contributed by atoms with Crippen molar-refractivity contribution in [1.82, 2.24) is 20.2 Å². The highest BCUT2D eigenvalue weighted by molar-refractivity contribution is 5.82. The van der Waals surface area contributed by atoms with Gasteiger partial charge in [0, 0.05) is 33.0 Å². The fourth-order valence-electron chi connectivity index (χ4n) is 2.58. The number of carbonyl (C=O) groups excluding carboxylic acids is 2. The average molecular weight is 316 g/mol. The third-order valence-electron chi connectivity index (χ3n) is 3.68. The van der Waals surface area contributed by atoms with Gasteiger partial charge in [-0.15, -0.1) is 0 Å². The Morgan fingerprint density at radius 2 is 1.91 bits per heavy atom. The van der Waals surface area contributed by atoms with Crippen LogP contribution < -0.4 is 10.6 Å². The number of nitrogens with one attached hydrogen (secondary N) is 2. The van der Waals surface area contributed by atoms with Crippen molar-refractivity contribution < 1.29 is 9.59 Å². The Bertz CT molecular complexity index is 719. The molecule has 0 unspecified atom stereocenters. The van der Waals surface area contributed by atoms with Gasteiger partial charge in [0.1, 0.15) is 5.82 Å². The lowest BCUT2D eigenvalue weighted by atomic mass is 10.1. The van der Waals surface area contributed by atoms with Gasteiger partial charge in [0.25, 0.3) is 0 Å². The standard InChI is InChI=1S/C17H24N4O2/c1-11(2)17-20-14-9-13(5-6-15(14)21(17)4)10-16(23)19-8-7-18-12(3)22/h5-6,9,11H,7-8,10H2,1-4H3,(H,18,22)(H,19,23). The molecule has 1 heterocycles. The minimum Gasteiger partial charge on any atom is -0.355 e. The molecule has 2 N–H and O–H groups in total. The Morgan fingerprint density at radius 3 is 2.57 bits per heavy atom. The zero-order chi connectivity index (χ0) is 17.0. The van der Waals surface area contributed by atoms with E-state index in [9.17, 15) is 9.59 Å². The molecule has 0 aliphatic carbocycles. The molecule has 6 heteroatoms. The summed E-state index contributed by atoms with van der Waals surface area (Å²) < 4.78 is 2.09. The second kappa shape index (κ2) is 7.26. The first-order valence-electron chi connectivity index (χ1n) is 7.85. The summed E-state index contributed by atoms with van der Waals surface area (Å²) >= 11 is 0. The minimum absolute atomic E-state index is 0.0604. The highest BCUT2D eigenvalue weighted by Gasteiger charge is 2.12. The third kappa shape index (κ3) is 4.31. The number of fused-ring (bicyclic) bond motifs is 1. The second-order valence-corrected chi connectivity index (χ2v) is 6.02. The number of nitrogens with zero attached hydrogens (tertiary/aromatic N) is 2. The van der Waals surface area contributed by atoms with Gasteiger partial charge < -0.3 is 15.2 Å². The second-order valence-electron chi connectivity index (χ2n) is 6.02. The van der Waals surface area contributed by atoms with Gasteiger partial charge in [0.2, 0.25) is 11.8 Å². The smallest absolute Gasteiger partial charge is 0.224 e. The third-order valence-corrected chi connectivity index (χ3v) is 3.68. The molecule has 2 aromatic rings. The molecule has 124 valence electrons. The van der Waals surface area contributed by atoms with Gasteiger partial charge in [-0.3, -0.25) is 9.59 Å². The van der Waals surface area contributed by atoms with E-state index in [4.69, 9.17) is 0 Å². The largest absolute Gasteiger partial charge is 0.355 e. The van der Waals surface area contributed by atoms with Gasteiger partial charge in [-0.1, -0.05) is 19.9 Å². The first-order chi connectivity index (χ1) is 10.9. The monoisotopic (exact) mass is 316 g/mol. The Balaban J connectivity index is 2.00. The average Bonchev–Trinajstić information content (AvgIpc) is 2.80. The van der Waals surface area contributed by atoms with Crippen molar-refractivity contribution in [3.63, 3.8) is 0 Å². The Labute approximate surface area is 136 Å². The molecule has 2 amide bonds. The summed E-state index contributed by atoms with van der Waals surface area (Å²) in [5.41, 5.74) is 2.92. The molecule has 0 bridgehead atoms. The molecule has 6 nitrogen and oxygen atoms in total. The lowest BCUT2D eigenvalue weighted by Gasteiger charge is -2.06. The van der Waals surface area contributed by atoms with Crippen LogP contribution in [0.4, 0.5) is 0 Å². The van der Waals surface area contributed by atoms with Crippen molar-refractivity contribution in [3.05, 3.63) is 29.6 Å². The normalized spacial score (nSPS) is 11.0. The molecule has 2 rings (SSSR count). The van der Waals surface area contributed by atoms with E-state index in [0.29, 0.717) is 25.4 Å². The zero-order valence-electron chi connectivity index (χ0n) is 14.1. The van der Waals surface area contributed by atoms with Gasteiger partial charge in [-0.2, -0.15) is 0 Å². The Morgan fingerprint density at radius 1 is 1.22 bits per heavy atom. The molecule has 0 fully saturated rings. The van der Waals surface area contributed by atoms with Gasteiger partial charge in [0.15, 0.2) is 0 Å². The number of rotatable bonds is 6. The van der Waals surface area contributed by atoms with Crippen LogP contribution in [0.3, 0.4) is 0 Å². The zero-order valence-corrected chi connectivity index (χ0v) is 14.1. The molecule has 1 aromatic heterocycles. The van der Waals surface area contributed by atoms with Crippen LogP contribution in [0.2, 0.25) is 0 Å². The van der Waals surface area contributed by atoms with E-state index in [1.54, 1.807) is 0 Å². The SMILES string of the molecule is CC(=O)NCCNC(=O)Cc1ccc2c(c1)nc(C(C)C)n2C. The van der Waals surface area contributed by atoms with Crippen molar-refractivity contribution in [3.8, 4) is 0 Å². The van der Waals surface area contributed by atoms with E-state index in [-0.39, 0.29) is 11.8 Å². The van der Waals surface area contributed by atoms with Crippen molar-refractivity contribution >= 4 is 22.8 Å². The van der Waals surface area contributed by atoms with E-state index in [1.165, 1.54) is 6.92 Å². The molecule has 0 aliphatic heterocycles. The maximum absolute atomic E-state index is 11.9. The molecular formula is C17H24N4O2. The van der Waals surface area contributed by atoms with Crippen LogP contribution in [0.25, 0.3) is 11.0 Å². The number of aryl methyl sites for hydroxylation is 1. The summed E-state index contributed by atoms with van der Waals surface area (Å²) in [5.74, 6) is 1.24.